The number of nitrogens with zero attached hydrogens (tertiary/aromatic N) is 5. The molecular formula is C37H51N5O4Si2. The summed E-state index contributed by atoms with van der Waals surface area (Å²) in [6, 6.07) is 22.1. The second-order valence-electron chi connectivity index (χ2n) is 15.7. The smallest absolute Gasteiger partial charge is 0.251 e. The van der Waals surface area contributed by atoms with E-state index in [1.165, 1.54) is 0 Å². The van der Waals surface area contributed by atoms with Gasteiger partial charge in [-0.05, 0) is 29.6 Å². The number of rotatable bonds is 14. The Morgan fingerprint density at radius 1 is 0.833 bits per heavy atom. The van der Waals surface area contributed by atoms with Crippen LogP contribution in [0.2, 0.25) is 51.4 Å². The van der Waals surface area contributed by atoms with Crippen molar-refractivity contribution in [2.24, 2.45) is 11.8 Å². The minimum atomic E-state index is -1.24. The molecule has 2 aromatic heterocycles. The molecule has 2 aromatic carbocycles. The van der Waals surface area contributed by atoms with Gasteiger partial charge in [-0.15, -0.1) is 0 Å². The Labute approximate surface area is 287 Å². The molecule has 0 N–H and O–H groups in total. The molecule has 3 heterocycles. The van der Waals surface area contributed by atoms with E-state index in [-0.39, 0.29) is 29.7 Å². The molecule has 0 radical (unpaired) electrons. The Bertz CT molecular complexity index is 1610. The number of hydroxylamine groups is 2. The monoisotopic (exact) mass is 685 g/mol. The van der Waals surface area contributed by atoms with E-state index in [2.05, 4.69) is 68.1 Å². The lowest BCUT2D eigenvalue weighted by Gasteiger charge is -2.45. The standard InChI is InChI=1S/C37H51N5O4Si2/c1-47(2,3)19-17-44-26-40-22-32(38-24-40)34-33-30(21-31-36(34)41(25-39-31)27-45-18-20-48(4,5)6)23-46-42(37(33)43)35(28-13-9-7-10-14-28)29-15-11-8-12-16-29/h7-16,22,24-25,30,33-35H,17-21,23,26-27H2,1-6H3/t30-,33-,34+/m1/s1. The Morgan fingerprint density at radius 2 is 1.44 bits per heavy atom. The van der Waals surface area contributed by atoms with Crippen LogP contribution in [0.4, 0.5) is 0 Å². The molecule has 3 atom stereocenters. The predicted octanol–water partition coefficient (Wildman–Crippen LogP) is 7.19. The third-order valence-electron chi connectivity index (χ3n) is 9.41. The van der Waals surface area contributed by atoms with E-state index in [0.29, 0.717) is 33.1 Å². The zero-order valence-electron chi connectivity index (χ0n) is 29.3. The summed E-state index contributed by atoms with van der Waals surface area (Å²) >= 11 is 0. The molecule has 48 heavy (non-hydrogen) atoms. The first-order valence-electron chi connectivity index (χ1n) is 17.3. The van der Waals surface area contributed by atoms with E-state index in [0.717, 1.165) is 46.9 Å². The van der Waals surface area contributed by atoms with Crippen LogP contribution in [0.15, 0.2) is 79.5 Å². The van der Waals surface area contributed by atoms with Gasteiger partial charge in [0.25, 0.3) is 5.91 Å². The van der Waals surface area contributed by atoms with Gasteiger partial charge in [0, 0.05) is 41.5 Å². The maximum atomic E-state index is 14.9. The van der Waals surface area contributed by atoms with Crippen molar-refractivity contribution in [1.82, 2.24) is 24.2 Å². The minimum Gasteiger partial charge on any atom is -0.361 e. The number of carbonyl (C=O) groups is 1. The zero-order chi connectivity index (χ0) is 33.9. The van der Waals surface area contributed by atoms with Gasteiger partial charge in [0.2, 0.25) is 0 Å². The van der Waals surface area contributed by atoms with Crippen molar-refractivity contribution in [3.8, 4) is 0 Å². The first kappa shape index (κ1) is 34.5. The Morgan fingerprint density at radius 3 is 2.04 bits per heavy atom. The Balaban J connectivity index is 1.34. The quantitative estimate of drug-likeness (QED) is 0.103. The summed E-state index contributed by atoms with van der Waals surface area (Å²) in [5.74, 6) is -0.758. The molecule has 4 aromatic rings. The Hall–Kier alpha value is -3.36. The average Bonchev–Trinajstić information content (AvgIpc) is 3.69. The number of benzene rings is 2. The largest absolute Gasteiger partial charge is 0.361 e. The van der Waals surface area contributed by atoms with Crippen LogP contribution in [0.1, 0.15) is 40.2 Å². The molecule has 1 saturated heterocycles. The summed E-state index contributed by atoms with van der Waals surface area (Å²) in [6.45, 7) is 16.8. The molecular weight excluding hydrogens is 635 g/mol. The highest BCUT2D eigenvalue weighted by Crippen LogP contribution is 2.47. The van der Waals surface area contributed by atoms with E-state index in [1.807, 2.05) is 59.8 Å². The molecule has 0 saturated carbocycles. The lowest BCUT2D eigenvalue weighted by molar-refractivity contribution is -0.230. The molecule has 0 spiro atoms. The number of amides is 1. The Kier molecular flexibility index (Phi) is 10.5. The first-order valence-corrected chi connectivity index (χ1v) is 24.7. The van der Waals surface area contributed by atoms with Gasteiger partial charge in [0.1, 0.15) is 19.5 Å². The summed E-state index contributed by atoms with van der Waals surface area (Å²) in [5.41, 5.74) is 4.85. The second-order valence-corrected chi connectivity index (χ2v) is 26.9. The molecule has 2 aliphatic rings. The topological polar surface area (TPSA) is 83.6 Å². The fourth-order valence-electron chi connectivity index (χ4n) is 6.72. The van der Waals surface area contributed by atoms with Crippen LogP contribution in [-0.4, -0.2) is 66.0 Å². The number of hydrogen-bond acceptors (Lipinski definition) is 6. The lowest BCUT2D eigenvalue weighted by Crippen LogP contribution is -2.52. The van der Waals surface area contributed by atoms with Gasteiger partial charge in [-0.25, -0.2) is 15.0 Å². The van der Waals surface area contributed by atoms with Crippen LogP contribution >= 0.6 is 0 Å². The van der Waals surface area contributed by atoms with Crippen LogP contribution in [0.3, 0.4) is 0 Å². The van der Waals surface area contributed by atoms with Crippen molar-refractivity contribution in [2.75, 3.05) is 19.8 Å². The fraction of sp³-hybridized carbons (Fsp3) is 0.486. The number of carbonyl (C=O) groups excluding carboxylic acids is 1. The molecule has 1 aliphatic heterocycles. The molecule has 6 rings (SSSR count). The van der Waals surface area contributed by atoms with E-state index in [9.17, 15) is 4.79 Å². The van der Waals surface area contributed by atoms with Crippen LogP contribution in [0.5, 0.6) is 0 Å². The van der Waals surface area contributed by atoms with Crippen molar-refractivity contribution in [1.29, 1.82) is 0 Å². The van der Waals surface area contributed by atoms with Gasteiger partial charge in [0.15, 0.2) is 0 Å². The summed E-state index contributed by atoms with van der Waals surface area (Å²) in [4.78, 5) is 31.2. The first-order chi connectivity index (χ1) is 23.0. The fourth-order valence-corrected chi connectivity index (χ4v) is 8.23. The van der Waals surface area contributed by atoms with E-state index in [4.69, 9.17) is 24.3 Å². The average molecular weight is 686 g/mol. The summed E-state index contributed by atoms with van der Waals surface area (Å²) in [6.07, 6.45) is 6.42. The van der Waals surface area contributed by atoms with Gasteiger partial charge in [0.05, 0.1) is 48.2 Å². The van der Waals surface area contributed by atoms with Gasteiger partial charge in [-0.3, -0.25) is 9.63 Å². The van der Waals surface area contributed by atoms with E-state index >= 15 is 0 Å². The molecule has 0 bridgehead atoms. The third-order valence-corrected chi connectivity index (χ3v) is 12.8. The van der Waals surface area contributed by atoms with Gasteiger partial charge in [-0.1, -0.05) is 99.9 Å². The highest BCUT2D eigenvalue weighted by Gasteiger charge is 2.51. The number of hydrogen-bond donors (Lipinski definition) is 0. The van der Waals surface area contributed by atoms with Gasteiger partial charge < -0.3 is 18.6 Å². The van der Waals surface area contributed by atoms with Crippen molar-refractivity contribution in [3.05, 3.63) is 108 Å². The molecule has 1 aliphatic carbocycles. The van der Waals surface area contributed by atoms with E-state index < -0.39 is 16.1 Å². The number of aromatic nitrogens is 4. The highest BCUT2D eigenvalue weighted by molar-refractivity contribution is 6.76. The maximum Gasteiger partial charge on any atom is 0.251 e. The summed E-state index contributed by atoms with van der Waals surface area (Å²) in [5, 5.41) is 1.63. The molecule has 0 unspecified atom stereocenters. The summed E-state index contributed by atoms with van der Waals surface area (Å²) < 4.78 is 16.4. The van der Waals surface area contributed by atoms with Crippen molar-refractivity contribution in [3.63, 3.8) is 0 Å². The van der Waals surface area contributed by atoms with Crippen molar-refractivity contribution in [2.45, 2.75) is 83.2 Å². The normalized spacial score (nSPS) is 19.9. The summed E-state index contributed by atoms with van der Waals surface area (Å²) in [7, 11) is -2.43. The van der Waals surface area contributed by atoms with Crippen LogP contribution in [-0.2, 0) is 39.0 Å². The predicted molar refractivity (Wildman–Crippen MR) is 193 cm³/mol. The lowest BCUT2D eigenvalue weighted by atomic mass is 9.70. The van der Waals surface area contributed by atoms with Crippen LogP contribution < -0.4 is 0 Å². The van der Waals surface area contributed by atoms with Gasteiger partial charge in [-0.2, -0.15) is 0 Å². The second kappa shape index (κ2) is 14.6. The third kappa shape index (κ3) is 8.08. The maximum absolute atomic E-state index is 14.9. The number of imidazole rings is 2. The minimum absolute atomic E-state index is 0.0343. The molecule has 1 fully saturated rings. The zero-order valence-corrected chi connectivity index (χ0v) is 31.3. The highest BCUT2D eigenvalue weighted by atomic mass is 28.3. The molecule has 256 valence electrons. The van der Waals surface area contributed by atoms with E-state index in [1.54, 1.807) is 5.06 Å². The van der Waals surface area contributed by atoms with Crippen molar-refractivity contribution < 1.29 is 19.1 Å². The SMILES string of the molecule is C[Si](C)(C)CCOCn1cnc([C@@H]2c3c(ncn3COCC[Si](C)(C)C)C[C@@H]3CON(C(c4ccccc4)c4ccccc4)C(=O)[C@H]32)c1. The molecule has 1 amide bonds. The molecule has 9 nitrogen and oxygen atoms in total. The molecule has 11 heteroatoms. The number of ether oxygens (including phenoxy) is 2. The van der Waals surface area contributed by atoms with Crippen LogP contribution in [0.25, 0.3) is 0 Å². The van der Waals surface area contributed by atoms with Gasteiger partial charge >= 0.3 is 0 Å². The van der Waals surface area contributed by atoms with Crippen LogP contribution in [0, 0.1) is 11.8 Å². The number of fused-ring (bicyclic) bond motifs is 2. The van der Waals surface area contributed by atoms with Crippen molar-refractivity contribution >= 4 is 22.1 Å².